The zero-order valence-corrected chi connectivity index (χ0v) is 10.3. The van der Waals surface area contributed by atoms with Crippen molar-refractivity contribution in [3.05, 3.63) is 39.8 Å². The number of hydrogen-bond acceptors (Lipinski definition) is 4. The van der Waals surface area contributed by atoms with Crippen LogP contribution in [-0.4, -0.2) is 16.0 Å². The zero-order valence-electron chi connectivity index (χ0n) is 9.52. The highest BCUT2D eigenvalue weighted by molar-refractivity contribution is 7.11. The van der Waals surface area contributed by atoms with E-state index in [0.29, 0.717) is 11.4 Å². The first-order valence-corrected chi connectivity index (χ1v) is 5.93. The molecule has 0 aliphatic heterocycles. The van der Waals surface area contributed by atoms with Crippen molar-refractivity contribution in [1.29, 1.82) is 0 Å². The van der Waals surface area contributed by atoms with Crippen LogP contribution >= 0.6 is 11.3 Å². The van der Waals surface area contributed by atoms with Crippen molar-refractivity contribution in [3.8, 4) is 5.75 Å². The summed E-state index contributed by atoms with van der Waals surface area (Å²) in [5.41, 5.74) is 0.804. The molecule has 1 aromatic heterocycles. The van der Waals surface area contributed by atoms with Crippen molar-refractivity contribution in [3.63, 3.8) is 0 Å². The van der Waals surface area contributed by atoms with Crippen LogP contribution in [0.3, 0.4) is 0 Å². The Kier molecular flexibility index (Phi) is 3.10. The molecule has 5 heteroatoms. The second-order valence-electron chi connectivity index (χ2n) is 3.61. The average molecular weight is 248 g/mol. The van der Waals surface area contributed by atoms with E-state index in [-0.39, 0.29) is 11.7 Å². The fraction of sp³-hybridized carbons (Fsp3) is 0.167. The molecule has 0 atom stereocenters. The maximum absolute atomic E-state index is 11.9. The molecule has 1 amide bonds. The molecular formula is C12H12N2O2S. The highest BCUT2D eigenvalue weighted by atomic mass is 32.1. The third-order valence-corrected chi connectivity index (χ3v) is 3.16. The number of para-hydroxylation sites is 2. The van der Waals surface area contributed by atoms with Gasteiger partial charge < -0.3 is 10.4 Å². The number of hydrogen-bond donors (Lipinski definition) is 2. The maximum Gasteiger partial charge on any atom is 0.275 e. The second-order valence-corrected chi connectivity index (χ2v) is 5.02. The van der Waals surface area contributed by atoms with Crippen LogP contribution in [0, 0.1) is 13.8 Å². The van der Waals surface area contributed by atoms with Crippen molar-refractivity contribution in [2.75, 3.05) is 5.32 Å². The number of nitrogens with one attached hydrogen (secondary N) is 1. The molecule has 1 heterocycles. The predicted octanol–water partition coefficient (Wildman–Crippen LogP) is 2.72. The Morgan fingerprint density at radius 3 is 2.65 bits per heavy atom. The van der Waals surface area contributed by atoms with Crippen LogP contribution in [0.5, 0.6) is 5.75 Å². The molecule has 0 bridgehead atoms. The van der Waals surface area contributed by atoms with Crippen molar-refractivity contribution >= 4 is 22.9 Å². The minimum atomic E-state index is -0.298. The van der Waals surface area contributed by atoms with Crippen molar-refractivity contribution in [2.45, 2.75) is 13.8 Å². The lowest BCUT2D eigenvalue weighted by atomic mass is 10.2. The van der Waals surface area contributed by atoms with E-state index in [0.717, 1.165) is 9.88 Å². The van der Waals surface area contributed by atoms with E-state index in [1.54, 1.807) is 18.2 Å². The Bertz CT molecular complexity index is 563. The third-order valence-electron chi connectivity index (χ3n) is 2.27. The van der Waals surface area contributed by atoms with Gasteiger partial charge in [0.1, 0.15) is 11.4 Å². The predicted molar refractivity (Wildman–Crippen MR) is 67.6 cm³/mol. The van der Waals surface area contributed by atoms with Crippen LogP contribution in [0.2, 0.25) is 0 Å². The molecule has 0 aliphatic carbocycles. The van der Waals surface area contributed by atoms with E-state index in [9.17, 15) is 9.90 Å². The quantitative estimate of drug-likeness (QED) is 0.803. The van der Waals surface area contributed by atoms with Gasteiger partial charge in [-0.2, -0.15) is 0 Å². The van der Waals surface area contributed by atoms with Gasteiger partial charge in [0.2, 0.25) is 0 Å². The lowest BCUT2D eigenvalue weighted by Crippen LogP contribution is -2.13. The fourth-order valence-electron chi connectivity index (χ4n) is 1.50. The van der Waals surface area contributed by atoms with Crippen LogP contribution in [0.15, 0.2) is 24.3 Å². The van der Waals surface area contributed by atoms with Gasteiger partial charge in [-0.3, -0.25) is 4.79 Å². The molecule has 0 spiro atoms. The SMILES string of the molecule is Cc1nc(C(=O)Nc2ccccc2O)c(C)s1. The van der Waals surface area contributed by atoms with Gasteiger partial charge in [0, 0.05) is 4.88 Å². The number of carbonyl (C=O) groups is 1. The summed E-state index contributed by atoms with van der Waals surface area (Å²) in [6.07, 6.45) is 0. The van der Waals surface area contributed by atoms with E-state index in [4.69, 9.17) is 0 Å². The summed E-state index contributed by atoms with van der Waals surface area (Å²) >= 11 is 1.48. The lowest BCUT2D eigenvalue weighted by Gasteiger charge is -2.05. The highest BCUT2D eigenvalue weighted by Crippen LogP contribution is 2.23. The Morgan fingerprint density at radius 1 is 1.35 bits per heavy atom. The molecule has 0 fully saturated rings. The largest absolute Gasteiger partial charge is 0.506 e. The van der Waals surface area contributed by atoms with Gasteiger partial charge in [0.05, 0.1) is 10.7 Å². The Morgan fingerprint density at radius 2 is 2.06 bits per heavy atom. The fourth-order valence-corrected chi connectivity index (χ4v) is 2.32. The number of carbonyl (C=O) groups excluding carboxylic acids is 1. The summed E-state index contributed by atoms with van der Waals surface area (Å²) in [4.78, 5) is 17.0. The van der Waals surface area contributed by atoms with Crippen molar-refractivity contribution < 1.29 is 9.90 Å². The summed E-state index contributed by atoms with van der Waals surface area (Å²) in [6, 6.07) is 6.61. The van der Waals surface area contributed by atoms with E-state index in [1.807, 2.05) is 13.8 Å². The number of aromatic hydroxyl groups is 1. The molecule has 2 N–H and O–H groups in total. The molecule has 2 rings (SSSR count). The topological polar surface area (TPSA) is 62.2 Å². The Balaban J connectivity index is 2.23. The third kappa shape index (κ3) is 2.45. The minimum Gasteiger partial charge on any atom is -0.506 e. The molecule has 0 unspecified atom stereocenters. The second kappa shape index (κ2) is 4.55. The number of anilines is 1. The summed E-state index contributed by atoms with van der Waals surface area (Å²) in [7, 11) is 0. The number of phenolic OH excluding ortho intramolecular Hbond substituents is 1. The number of nitrogens with zero attached hydrogens (tertiary/aromatic N) is 1. The zero-order chi connectivity index (χ0) is 12.4. The van der Waals surface area contributed by atoms with Gasteiger partial charge in [0.15, 0.2) is 0 Å². The van der Waals surface area contributed by atoms with Gasteiger partial charge >= 0.3 is 0 Å². The van der Waals surface area contributed by atoms with Gasteiger partial charge in [-0.05, 0) is 26.0 Å². The monoisotopic (exact) mass is 248 g/mol. The van der Waals surface area contributed by atoms with Crippen LogP contribution in [0.25, 0.3) is 0 Å². The summed E-state index contributed by atoms with van der Waals surface area (Å²) in [6.45, 7) is 3.71. The number of aryl methyl sites for hydroxylation is 2. The van der Waals surface area contributed by atoms with E-state index >= 15 is 0 Å². The normalized spacial score (nSPS) is 10.2. The molecule has 0 radical (unpaired) electrons. The summed E-state index contributed by atoms with van der Waals surface area (Å²) in [5, 5.41) is 13.0. The van der Waals surface area contributed by atoms with Crippen molar-refractivity contribution in [1.82, 2.24) is 4.98 Å². The molecule has 0 saturated carbocycles. The number of thiazole rings is 1. The number of rotatable bonds is 2. The number of aromatic nitrogens is 1. The maximum atomic E-state index is 11.9. The minimum absolute atomic E-state index is 0.0467. The molecule has 88 valence electrons. The number of amides is 1. The van der Waals surface area contributed by atoms with Gasteiger partial charge in [-0.15, -0.1) is 11.3 Å². The highest BCUT2D eigenvalue weighted by Gasteiger charge is 2.14. The summed E-state index contributed by atoms with van der Waals surface area (Å²) < 4.78 is 0. The Labute approximate surface area is 103 Å². The van der Waals surface area contributed by atoms with Crippen LogP contribution < -0.4 is 5.32 Å². The van der Waals surface area contributed by atoms with Crippen LogP contribution in [-0.2, 0) is 0 Å². The van der Waals surface area contributed by atoms with Crippen LogP contribution in [0.4, 0.5) is 5.69 Å². The first kappa shape index (κ1) is 11.6. The first-order valence-electron chi connectivity index (χ1n) is 5.11. The molecular weight excluding hydrogens is 236 g/mol. The average Bonchev–Trinajstić information content (AvgIpc) is 2.61. The summed E-state index contributed by atoms with van der Waals surface area (Å²) in [5.74, 6) is -0.251. The molecule has 1 aromatic carbocycles. The van der Waals surface area contributed by atoms with E-state index in [1.165, 1.54) is 17.4 Å². The standard InChI is InChI=1S/C12H12N2O2S/c1-7-11(13-8(2)17-7)12(16)14-9-5-3-4-6-10(9)15/h3-6,15H,1-2H3,(H,14,16). The smallest absolute Gasteiger partial charge is 0.275 e. The van der Waals surface area contributed by atoms with E-state index in [2.05, 4.69) is 10.3 Å². The van der Waals surface area contributed by atoms with Crippen molar-refractivity contribution in [2.24, 2.45) is 0 Å². The van der Waals surface area contributed by atoms with Gasteiger partial charge in [-0.25, -0.2) is 4.98 Å². The molecule has 0 aliphatic rings. The number of phenols is 1. The first-order chi connectivity index (χ1) is 8.08. The Hall–Kier alpha value is -1.88. The molecule has 4 nitrogen and oxygen atoms in total. The molecule has 17 heavy (non-hydrogen) atoms. The van der Waals surface area contributed by atoms with E-state index < -0.39 is 0 Å². The van der Waals surface area contributed by atoms with Gasteiger partial charge in [-0.1, -0.05) is 12.1 Å². The molecule has 2 aromatic rings. The number of benzene rings is 1. The van der Waals surface area contributed by atoms with Crippen LogP contribution in [0.1, 0.15) is 20.4 Å². The lowest BCUT2D eigenvalue weighted by molar-refractivity contribution is 0.102. The van der Waals surface area contributed by atoms with Gasteiger partial charge in [0.25, 0.3) is 5.91 Å². The molecule has 0 saturated heterocycles.